The fourth-order valence-corrected chi connectivity index (χ4v) is 3.53. The van der Waals surface area contributed by atoms with E-state index in [2.05, 4.69) is 41.7 Å². The molecule has 1 saturated carbocycles. The second-order valence-electron chi connectivity index (χ2n) is 6.07. The van der Waals surface area contributed by atoms with Crippen molar-refractivity contribution in [2.24, 2.45) is 5.41 Å². The molecule has 0 atom stereocenters. The molecule has 3 rings (SSSR count). The van der Waals surface area contributed by atoms with Crippen LogP contribution >= 0.6 is 11.3 Å². The van der Waals surface area contributed by atoms with Crippen molar-refractivity contribution in [3.63, 3.8) is 0 Å². The fraction of sp³-hybridized carbons (Fsp3) is 0.533. The first-order valence-corrected chi connectivity index (χ1v) is 7.61. The summed E-state index contributed by atoms with van der Waals surface area (Å²) in [4.78, 5) is 4.51. The lowest BCUT2D eigenvalue weighted by atomic mass is 9.75. The Morgan fingerprint density at radius 1 is 1.28 bits per heavy atom. The van der Waals surface area contributed by atoms with Gasteiger partial charge in [0.15, 0.2) is 0 Å². The molecule has 0 unspecified atom stereocenters. The lowest BCUT2D eigenvalue weighted by Crippen LogP contribution is -2.30. The minimum absolute atomic E-state index is 0.528. The molecular formula is C15H20N2S. The van der Waals surface area contributed by atoms with Gasteiger partial charge in [-0.25, -0.2) is 4.98 Å². The molecule has 2 aromatic rings. The van der Waals surface area contributed by atoms with Gasteiger partial charge in [0, 0.05) is 22.3 Å². The Hall–Kier alpha value is -1.09. The van der Waals surface area contributed by atoms with E-state index >= 15 is 0 Å². The molecule has 18 heavy (non-hydrogen) atoms. The maximum absolute atomic E-state index is 4.51. The predicted octanol–water partition coefficient (Wildman–Crippen LogP) is 4.68. The van der Waals surface area contributed by atoms with Crippen molar-refractivity contribution in [2.75, 3.05) is 5.32 Å². The van der Waals surface area contributed by atoms with Gasteiger partial charge in [0.1, 0.15) is 5.82 Å². The van der Waals surface area contributed by atoms with Gasteiger partial charge in [0.05, 0.1) is 0 Å². The number of nitrogens with zero attached hydrogens (tertiary/aromatic N) is 1. The second kappa shape index (κ2) is 4.54. The Morgan fingerprint density at radius 2 is 2.06 bits per heavy atom. The summed E-state index contributed by atoms with van der Waals surface area (Å²) in [5.74, 6) is 1.07. The van der Waals surface area contributed by atoms with E-state index in [4.69, 9.17) is 0 Å². The largest absolute Gasteiger partial charge is 0.367 e. The van der Waals surface area contributed by atoms with Crippen LogP contribution in [0.15, 0.2) is 23.7 Å². The van der Waals surface area contributed by atoms with Crippen molar-refractivity contribution in [2.45, 2.75) is 45.6 Å². The van der Waals surface area contributed by atoms with E-state index in [1.807, 2.05) is 6.20 Å². The summed E-state index contributed by atoms with van der Waals surface area (Å²) >= 11 is 1.78. The van der Waals surface area contributed by atoms with Crippen LogP contribution in [0, 0.1) is 5.41 Å². The molecule has 0 radical (unpaired) electrons. The third-order valence-electron chi connectivity index (χ3n) is 4.06. The van der Waals surface area contributed by atoms with Crippen molar-refractivity contribution in [1.29, 1.82) is 0 Å². The highest BCUT2D eigenvalue weighted by atomic mass is 32.1. The molecule has 2 nitrogen and oxygen atoms in total. The van der Waals surface area contributed by atoms with Crippen LogP contribution in [0.3, 0.4) is 0 Å². The molecule has 0 aliphatic heterocycles. The van der Waals surface area contributed by atoms with Crippen LogP contribution in [0.5, 0.6) is 0 Å². The van der Waals surface area contributed by atoms with Crippen molar-refractivity contribution in [3.05, 3.63) is 23.7 Å². The van der Waals surface area contributed by atoms with E-state index in [1.165, 1.54) is 35.8 Å². The molecular weight excluding hydrogens is 240 g/mol. The molecule has 1 fully saturated rings. The Balaban J connectivity index is 1.75. The van der Waals surface area contributed by atoms with Gasteiger partial charge in [-0.05, 0) is 48.6 Å². The summed E-state index contributed by atoms with van der Waals surface area (Å²) in [6, 6.07) is 4.85. The van der Waals surface area contributed by atoms with Crippen LogP contribution < -0.4 is 5.32 Å². The van der Waals surface area contributed by atoms with E-state index in [-0.39, 0.29) is 0 Å². The summed E-state index contributed by atoms with van der Waals surface area (Å²) < 4.78 is 1.32. The maximum Gasteiger partial charge on any atom is 0.134 e. The Bertz CT molecular complexity index is 534. The summed E-state index contributed by atoms with van der Waals surface area (Å²) in [6.07, 6.45) is 7.05. The standard InChI is InChI=1S/C15H20N2S/c1-15(2)7-3-11(4-8-15)17-14-12-6-10-18-13(12)5-9-16-14/h5-6,9-11H,3-4,7-8H2,1-2H3,(H,16,17). The molecule has 3 heteroatoms. The summed E-state index contributed by atoms with van der Waals surface area (Å²) in [5, 5.41) is 7.05. The van der Waals surface area contributed by atoms with E-state index in [0.29, 0.717) is 11.5 Å². The van der Waals surface area contributed by atoms with Crippen LogP contribution in [0.1, 0.15) is 39.5 Å². The zero-order valence-corrected chi connectivity index (χ0v) is 11.9. The van der Waals surface area contributed by atoms with Gasteiger partial charge < -0.3 is 5.32 Å². The van der Waals surface area contributed by atoms with Crippen molar-refractivity contribution < 1.29 is 0 Å². The number of nitrogens with one attached hydrogen (secondary N) is 1. The third kappa shape index (κ3) is 2.37. The number of anilines is 1. The highest BCUT2D eigenvalue weighted by Gasteiger charge is 2.27. The van der Waals surface area contributed by atoms with Gasteiger partial charge in [0.2, 0.25) is 0 Å². The van der Waals surface area contributed by atoms with Crippen LogP contribution in [-0.4, -0.2) is 11.0 Å². The fourth-order valence-electron chi connectivity index (χ4n) is 2.75. The smallest absolute Gasteiger partial charge is 0.134 e. The molecule has 0 aromatic carbocycles. The number of aromatic nitrogens is 1. The summed E-state index contributed by atoms with van der Waals surface area (Å²) in [5.41, 5.74) is 0.528. The predicted molar refractivity (Wildman–Crippen MR) is 79.3 cm³/mol. The summed E-state index contributed by atoms with van der Waals surface area (Å²) in [7, 11) is 0. The van der Waals surface area contributed by atoms with Gasteiger partial charge in [0.25, 0.3) is 0 Å². The number of rotatable bonds is 2. The van der Waals surface area contributed by atoms with E-state index in [9.17, 15) is 0 Å². The lowest BCUT2D eigenvalue weighted by Gasteiger charge is -2.34. The minimum atomic E-state index is 0.528. The molecule has 2 aromatic heterocycles. The molecule has 1 aliphatic rings. The minimum Gasteiger partial charge on any atom is -0.367 e. The normalized spacial score (nSPS) is 20.1. The Labute approximate surface area is 112 Å². The lowest BCUT2D eigenvalue weighted by molar-refractivity contribution is 0.232. The van der Waals surface area contributed by atoms with Crippen LogP contribution in [-0.2, 0) is 0 Å². The number of fused-ring (bicyclic) bond motifs is 1. The van der Waals surface area contributed by atoms with Crippen molar-refractivity contribution >= 4 is 27.2 Å². The van der Waals surface area contributed by atoms with Crippen LogP contribution in [0.2, 0.25) is 0 Å². The molecule has 0 saturated heterocycles. The average Bonchev–Trinajstić information content (AvgIpc) is 2.81. The van der Waals surface area contributed by atoms with Gasteiger partial charge in [-0.3, -0.25) is 0 Å². The van der Waals surface area contributed by atoms with Gasteiger partial charge in [-0.1, -0.05) is 13.8 Å². The first kappa shape index (κ1) is 12.0. The van der Waals surface area contributed by atoms with Gasteiger partial charge in [-0.2, -0.15) is 0 Å². The van der Waals surface area contributed by atoms with Gasteiger partial charge >= 0.3 is 0 Å². The van der Waals surface area contributed by atoms with E-state index in [0.717, 1.165) is 5.82 Å². The van der Waals surface area contributed by atoms with Crippen molar-refractivity contribution in [3.8, 4) is 0 Å². The molecule has 1 aliphatic carbocycles. The summed E-state index contributed by atoms with van der Waals surface area (Å²) in [6.45, 7) is 4.75. The molecule has 0 bridgehead atoms. The Morgan fingerprint density at radius 3 is 2.83 bits per heavy atom. The number of pyridine rings is 1. The SMILES string of the molecule is CC1(C)CCC(Nc2nccc3sccc23)CC1. The molecule has 2 heterocycles. The quantitative estimate of drug-likeness (QED) is 0.848. The molecule has 0 spiro atoms. The number of thiophene rings is 1. The molecule has 0 amide bonds. The number of hydrogen-bond acceptors (Lipinski definition) is 3. The second-order valence-corrected chi connectivity index (χ2v) is 7.02. The van der Waals surface area contributed by atoms with Crippen LogP contribution in [0.4, 0.5) is 5.82 Å². The topological polar surface area (TPSA) is 24.9 Å². The third-order valence-corrected chi connectivity index (χ3v) is 4.94. The highest BCUT2D eigenvalue weighted by molar-refractivity contribution is 7.17. The first-order valence-electron chi connectivity index (χ1n) is 6.73. The maximum atomic E-state index is 4.51. The molecule has 96 valence electrons. The zero-order chi connectivity index (χ0) is 12.6. The van der Waals surface area contributed by atoms with Crippen LogP contribution in [0.25, 0.3) is 10.1 Å². The first-order chi connectivity index (χ1) is 8.64. The van der Waals surface area contributed by atoms with Gasteiger partial charge in [-0.15, -0.1) is 11.3 Å². The zero-order valence-electron chi connectivity index (χ0n) is 11.1. The van der Waals surface area contributed by atoms with E-state index < -0.39 is 0 Å². The number of hydrogen-bond donors (Lipinski definition) is 1. The average molecular weight is 260 g/mol. The van der Waals surface area contributed by atoms with Crippen molar-refractivity contribution in [1.82, 2.24) is 4.98 Å². The monoisotopic (exact) mass is 260 g/mol. The Kier molecular flexibility index (Phi) is 3.02. The highest BCUT2D eigenvalue weighted by Crippen LogP contribution is 2.36. The van der Waals surface area contributed by atoms with E-state index in [1.54, 1.807) is 11.3 Å². The molecule has 1 N–H and O–H groups in total.